The lowest BCUT2D eigenvalue weighted by Gasteiger charge is -2.34. The molecule has 3 fully saturated rings. The molecule has 0 aromatic heterocycles. The molecule has 0 aromatic carbocycles. The Morgan fingerprint density at radius 3 is 2.00 bits per heavy atom. The minimum absolute atomic E-state index is 0.176. The molecular weight excluding hydrogens is 180 g/mol. The van der Waals surface area contributed by atoms with E-state index in [2.05, 4.69) is 13.8 Å². The first-order chi connectivity index (χ1) is 6.70. The van der Waals surface area contributed by atoms with Gasteiger partial charge in [0.15, 0.2) is 0 Å². The van der Waals surface area contributed by atoms with Crippen molar-refractivity contribution in [2.75, 3.05) is 13.2 Å². The van der Waals surface area contributed by atoms with E-state index >= 15 is 0 Å². The summed E-state index contributed by atoms with van der Waals surface area (Å²) >= 11 is 0. The van der Waals surface area contributed by atoms with Crippen LogP contribution < -0.4 is 0 Å². The third-order valence-corrected chi connectivity index (χ3v) is 4.45. The van der Waals surface area contributed by atoms with Gasteiger partial charge in [-0.25, -0.2) is 0 Å². The van der Waals surface area contributed by atoms with E-state index in [9.17, 15) is 5.11 Å². The van der Waals surface area contributed by atoms with Crippen LogP contribution in [0.2, 0.25) is 0 Å². The van der Waals surface area contributed by atoms with Gasteiger partial charge in [-0.3, -0.25) is 0 Å². The van der Waals surface area contributed by atoms with Crippen molar-refractivity contribution in [1.82, 2.24) is 0 Å². The summed E-state index contributed by atoms with van der Waals surface area (Å²) in [6.45, 7) is 5.79. The highest BCUT2D eigenvalue weighted by atomic mass is 16.6. The molecule has 3 heteroatoms. The first-order valence-electron chi connectivity index (χ1n) is 5.61. The summed E-state index contributed by atoms with van der Waals surface area (Å²) in [5.74, 6) is 1.44. The van der Waals surface area contributed by atoms with E-state index in [1.807, 2.05) is 0 Å². The summed E-state index contributed by atoms with van der Waals surface area (Å²) in [4.78, 5) is 0. The van der Waals surface area contributed by atoms with E-state index in [4.69, 9.17) is 9.47 Å². The van der Waals surface area contributed by atoms with Crippen LogP contribution in [0.15, 0.2) is 0 Å². The highest BCUT2D eigenvalue weighted by molar-refractivity contribution is 5.05. The Bertz CT molecular complexity index is 221. The van der Waals surface area contributed by atoms with Crippen molar-refractivity contribution in [2.24, 2.45) is 23.7 Å². The summed E-state index contributed by atoms with van der Waals surface area (Å²) in [5, 5.41) is 10.2. The molecule has 0 amide bonds. The van der Waals surface area contributed by atoms with Crippen LogP contribution in [-0.2, 0) is 9.47 Å². The third-order valence-electron chi connectivity index (χ3n) is 4.45. The minimum atomic E-state index is -0.176. The molecule has 7 atom stereocenters. The minimum Gasteiger partial charge on any atom is -0.393 e. The topological polar surface area (TPSA) is 42.0 Å². The van der Waals surface area contributed by atoms with Gasteiger partial charge in [0, 0.05) is 11.8 Å². The van der Waals surface area contributed by atoms with Crippen molar-refractivity contribution < 1.29 is 14.6 Å². The van der Waals surface area contributed by atoms with Crippen molar-refractivity contribution in [3.05, 3.63) is 0 Å². The highest BCUT2D eigenvalue weighted by Gasteiger charge is 2.58. The Morgan fingerprint density at radius 2 is 1.50 bits per heavy atom. The summed E-state index contributed by atoms with van der Waals surface area (Å²) in [5.41, 5.74) is 0. The number of hydrogen-bond acceptors (Lipinski definition) is 3. The van der Waals surface area contributed by atoms with Crippen LogP contribution in [0.3, 0.4) is 0 Å². The molecule has 3 aliphatic rings. The first-order valence-corrected chi connectivity index (χ1v) is 5.61. The number of rotatable bonds is 0. The number of ether oxygens (including phenoxy) is 2. The Hall–Kier alpha value is -0.120. The summed E-state index contributed by atoms with van der Waals surface area (Å²) in [6, 6.07) is 0. The molecule has 1 aliphatic carbocycles. The fourth-order valence-corrected chi connectivity index (χ4v) is 3.24. The second kappa shape index (κ2) is 2.94. The van der Waals surface area contributed by atoms with Gasteiger partial charge in [0.25, 0.3) is 0 Å². The smallest absolute Gasteiger partial charge is 0.0899 e. The molecule has 2 aliphatic heterocycles. The van der Waals surface area contributed by atoms with Gasteiger partial charge >= 0.3 is 0 Å². The van der Waals surface area contributed by atoms with Crippen LogP contribution >= 0.6 is 0 Å². The van der Waals surface area contributed by atoms with E-state index < -0.39 is 0 Å². The number of hydrogen-bond donors (Lipinski definition) is 1. The maximum atomic E-state index is 10.2. The van der Waals surface area contributed by atoms with Crippen molar-refractivity contribution in [3.63, 3.8) is 0 Å². The molecule has 80 valence electrons. The van der Waals surface area contributed by atoms with E-state index in [0.717, 1.165) is 13.2 Å². The van der Waals surface area contributed by atoms with E-state index in [0.29, 0.717) is 35.9 Å². The molecule has 0 radical (unpaired) electrons. The van der Waals surface area contributed by atoms with Crippen LogP contribution in [0.4, 0.5) is 0 Å². The van der Waals surface area contributed by atoms with Gasteiger partial charge < -0.3 is 14.6 Å². The molecule has 2 bridgehead atoms. The molecule has 0 spiro atoms. The summed E-state index contributed by atoms with van der Waals surface area (Å²) < 4.78 is 11.4. The van der Waals surface area contributed by atoms with Crippen LogP contribution in [0.1, 0.15) is 13.8 Å². The maximum Gasteiger partial charge on any atom is 0.0899 e. The zero-order chi connectivity index (χ0) is 9.87. The largest absolute Gasteiger partial charge is 0.393 e. The van der Waals surface area contributed by atoms with Gasteiger partial charge in [-0.15, -0.1) is 0 Å². The fraction of sp³-hybridized carbons (Fsp3) is 1.00. The van der Waals surface area contributed by atoms with Crippen molar-refractivity contribution in [1.29, 1.82) is 0 Å². The monoisotopic (exact) mass is 198 g/mol. The second-order valence-corrected chi connectivity index (χ2v) is 5.14. The van der Waals surface area contributed by atoms with Gasteiger partial charge in [0.05, 0.1) is 31.5 Å². The molecule has 3 nitrogen and oxygen atoms in total. The molecule has 3 rings (SSSR count). The van der Waals surface area contributed by atoms with Gasteiger partial charge in [0.2, 0.25) is 0 Å². The third kappa shape index (κ3) is 1.09. The average molecular weight is 198 g/mol. The lowest BCUT2D eigenvalue weighted by Crippen LogP contribution is -2.39. The SMILES string of the molecule is C[C@@H]1[C@H](O)[C@H](C)[C@H]2COC[C@@H]1C1O[C@@H]12. The molecule has 1 unspecified atom stereocenters. The molecule has 1 N–H and O–H groups in total. The standard InChI is InChI=1S/C11H18O3/c1-5-7-3-13-4-8(6(2)9(5)12)11-10(7)14-11/h5-12H,3-4H2,1-2H3/t5-,6+,7-,8+,9-,10-,11?/m1/s1. The second-order valence-electron chi connectivity index (χ2n) is 5.14. The lowest BCUT2D eigenvalue weighted by atomic mass is 9.81. The number of aliphatic hydroxyl groups is 1. The van der Waals surface area contributed by atoms with E-state index in [1.165, 1.54) is 0 Å². The Labute approximate surface area is 84.4 Å². The number of epoxide rings is 1. The number of aliphatic hydroxyl groups excluding tert-OH is 1. The Balaban J connectivity index is 1.94. The lowest BCUT2D eigenvalue weighted by molar-refractivity contribution is -0.0657. The molecule has 2 heterocycles. The molecule has 14 heavy (non-hydrogen) atoms. The summed E-state index contributed by atoms with van der Waals surface area (Å²) in [7, 11) is 0. The quantitative estimate of drug-likeness (QED) is 0.581. The van der Waals surface area contributed by atoms with Crippen LogP contribution in [-0.4, -0.2) is 36.6 Å². The van der Waals surface area contributed by atoms with Gasteiger partial charge in [-0.1, -0.05) is 13.8 Å². The van der Waals surface area contributed by atoms with Crippen molar-refractivity contribution >= 4 is 0 Å². The Kier molecular flexibility index (Phi) is 1.92. The molecule has 2 saturated heterocycles. The van der Waals surface area contributed by atoms with Crippen LogP contribution in [0, 0.1) is 23.7 Å². The fourth-order valence-electron chi connectivity index (χ4n) is 3.24. The van der Waals surface area contributed by atoms with E-state index in [-0.39, 0.29) is 6.10 Å². The molecule has 0 aromatic rings. The maximum absolute atomic E-state index is 10.2. The van der Waals surface area contributed by atoms with Crippen molar-refractivity contribution in [2.45, 2.75) is 32.2 Å². The summed E-state index contributed by atoms with van der Waals surface area (Å²) in [6.07, 6.45) is 0.569. The van der Waals surface area contributed by atoms with Crippen molar-refractivity contribution in [3.8, 4) is 0 Å². The Morgan fingerprint density at radius 1 is 1.00 bits per heavy atom. The van der Waals surface area contributed by atoms with Gasteiger partial charge in [0.1, 0.15) is 0 Å². The molecule has 1 saturated carbocycles. The average Bonchev–Trinajstić information content (AvgIpc) is 2.92. The van der Waals surface area contributed by atoms with Crippen LogP contribution in [0.5, 0.6) is 0 Å². The predicted molar refractivity (Wildman–Crippen MR) is 50.8 cm³/mol. The van der Waals surface area contributed by atoms with E-state index in [1.54, 1.807) is 0 Å². The van der Waals surface area contributed by atoms with Crippen LogP contribution in [0.25, 0.3) is 0 Å². The van der Waals surface area contributed by atoms with Gasteiger partial charge in [-0.2, -0.15) is 0 Å². The zero-order valence-electron chi connectivity index (χ0n) is 8.72. The van der Waals surface area contributed by atoms with Gasteiger partial charge in [-0.05, 0) is 11.8 Å². The normalized spacial score (nSPS) is 61.5. The predicted octanol–water partition coefficient (Wildman–Crippen LogP) is 0.663. The molecular formula is C11H18O3. The first kappa shape index (κ1) is 9.13. The highest BCUT2D eigenvalue weighted by Crippen LogP contribution is 2.49. The zero-order valence-corrected chi connectivity index (χ0v) is 8.72.